The van der Waals surface area contributed by atoms with E-state index in [2.05, 4.69) is 65.5 Å². The topological polar surface area (TPSA) is 40.2 Å². The lowest BCUT2D eigenvalue weighted by molar-refractivity contribution is -0.0811. The summed E-state index contributed by atoms with van der Waals surface area (Å²) in [5, 5.41) is 0. The van der Waals surface area contributed by atoms with E-state index in [-0.39, 0.29) is 6.10 Å². The van der Waals surface area contributed by atoms with Gasteiger partial charge >= 0.3 is 0 Å². The normalized spacial score (nSPS) is 28.9. The van der Waals surface area contributed by atoms with Gasteiger partial charge in [0.1, 0.15) is 0 Å². The van der Waals surface area contributed by atoms with Crippen LogP contribution < -0.4 is 0 Å². The number of nitrogens with zero attached hydrogens (tertiary/aromatic N) is 1. The Bertz CT molecular complexity index is 1140. The third kappa shape index (κ3) is 20.6. The zero-order chi connectivity index (χ0) is 45.7. The minimum absolute atomic E-state index is 0.164. The highest BCUT2D eigenvalue weighted by Gasteiger charge is 2.57. The molecule has 0 amide bonds. The molecule has 0 aromatic rings. The van der Waals surface area contributed by atoms with Crippen molar-refractivity contribution in [2.24, 2.45) is 46.3 Å². The van der Waals surface area contributed by atoms with Crippen LogP contribution in [0.2, 0.25) is 0 Å². The van der Waals surface area contributed by atoms with Crippen molar-refractivity contribution in [3.63, 3.8) is 0 Å². The molecule has 0 spiro atoms. The Morgan fingerprint density at radius 3 is 1.91 bits per heavy atom. The van der Waals surface area contributed by atoms with Crippen LogP contribution in [0.4, 0.5) is 0 Å². The molecular formula is C59H111NO4. The van der Waals surface area contributed by atoms with Crippen LogP contribution in [0.5, 0.6) is 0 Å². The summed E-state index contributed by atoms with van der Waals surface area (Å²) in [5.74, 6) is 5.46. The molecule has 4 rings (SSSR count). The fourth-order valence-electron chi connectivity index (χ4n) is 13.7. The van der Waals surface area contributed by atoms with E-state index in [1.54, 1.807) is 0 Å². The van der Waals surface area contributed by atoms with Crippen molar-refractivity contribution >= 4 is 0 Å². The zero-order valence-electron chi connectivity index (χ0n) is 44.1. The van der Waals surface area contributed by atoms with Gasteiger partial charge in [0, 0.05) is 39.6 Å². The molecule has 0 bridgehead atoms. The first-order valence-corrected chi connectivity index (χ1v) is 29.0. The van der Waals surface area contributed by atoms with Crippen LogP contribution in [-0.4, -0.2) is 76.4 Å². The zero-order valence-corrected chi connectivity index (χ0v) is 44.1. The number of ether oxygens (including phenoxy) is 4. The van der Waals surface area contributed by atoms with E-state index < -0.39 is 0 Å². The number of rotatable bonds is 37. The monoisotopic (exact) mass is 898 g/mol. The van der Waals surface area contributed by atoms with E-state index in [1.165, 1.54) is 199 Å². The molecule has 3 aliphatic carbocycles. The summed E-state index contributed by atoms with van der Waals surface area (Å²) in [7, 11) is 0. The summed E-state index contributed by atoms with van der Waals surface area (Å²) in [6.45, 7) is 25.8. The number of likely N-dealkylation sites (tertiary alicyclic amines) is 1. The Hall–Kier alpha value is -0.460. The molecule has 5 nitrogen and oxygen atoms in total. The molecule has 4 aliphatic rings. The lowest BCUT2D eigenvalue weighted by Gasteiger charge is -2.56. The second-order valence-electron chi connectivity index (χ2n) is 23.2. The molecule has 5 heteroatoms. The Morgan fingerprint density at radius 2 is 1.23 bits per heavy atom. The third-order valence-electron chi connectivity index (χ3n) is 17.7. The van der Waals surface area contributed by atoms with Crippen molar-refractivity contribution in [3.8, 4) is 0 Å². The van der Waals surface area contributed by atoms with E-state index in [9.17, 15) is 0 Å². The number of fused-ring (bicyclic) bond motifs is 1. The Kier molecular flexibility index (Phi) is 29.1. The first-order chi connectivity index (χ1) is 31.2. The lowest BCUT2D eigenvalue weighted by Crippen LogP contribution is -2.48. The van der Waals surface area contributed by atoms with E-state index >= 15 is 0 Å². The molecule has 4 fully saturated rings. The predicted molar refractivity (Wildman–Crippen MR) is 275 cm³/mol. The Balaban J connectivity index is 1.00. The Morgan fingerprint density at radius 1 is 0.594 bits per heavy atom. The first kappa shape index (κ1) is 56.1. The van der Waals surface area contributed by atoms with Gasteiger partial charge in [-0.3, -0.25) is 0 Å². The molecule has 1 aliphatic heterocycles. The number of hydrogen-bond donors (Lipinski definition) is 0. The van der Waals surface area contributed by atoms with Gasteiger partial charge in [-0.05, 0) is 169 Å². The lowest BCUT2D eigenvalue weighted by atomic mass is 9.50. The second-order valence-corrected chi connectivity index (χ2v) is 23.2. The van der Waals surface area contributed by atoms with Gasteiger partial charge in [0.15, 0.2) is 0 Å². The highest BCUT2D eigenvalue weighted by atomic mass is 16.5. The minimum Gasteiger partial charge on any atom is -0.381 e. The number of unbranched alkanes of at least 4 members (excludes halogenated alkanes) is 12. The second kappa shape index (κ2) is 33.1. The average molecular weight is 899 g/mol. The van der Waals surface area contributed by atoms with Gasteiger partial charge in [-0.15, -0.1) is 0 Å². The molecule has 1 saturated heterocycles. The fraction of sp³-hybridized carbons (Fsp3) is 0.966. The van der Waals surface area contributed by atoms with Gasteiger partial charge in [-0.25, -0.2) is 0 Å². The van der Waals surface area contributed by atoms with Crippen LogP contribution in [0.25, 0.3) is 0 Å². The van der Waals surface area contributed by atoms with Gasteiger partial charge in [0.25, 0.3) is 0 Å². The van der Waals surface area contributed by atoms with E-state index in [0.717, 1.165) is 94.5 Å². The number of piperidine rings is 1. The van der Waals surface area contributed by atoms with E-state index in [0.29, 0.717) is 16.9 Å². The molecule has 7 atom stereocenters. The molecule has 1 heterocycles. The van der Waals surface area contributed by atoms with Crippen molar-refractivity contribution in [3.05, 3.63) is 12.2 Å². The maximum atomic E-state index is 6.51. The van der Waals surface area contributed by atoms with Crippen LogP contribution in [0.15, 0.2) is 12.2 Å². The van der Waals surface area contributed by atoms with Crippen molar-refractivity contribution in [2.45, 2.75) is 260 Å². The van der Waals surface area contributed by atoms with Crippen LogP contribution >= 0.6 is 0 Å². The van der Waals surface area contributed by atoms with Crippen molar-refractivity contribution < 1.29 is 18.9 Å². The standard InChI is InChI=1S/C59H111NO4/c1-8-10-11-12-13-14-15-16-17-18-19-20-21-22-23-27-43-62-49-53(48-60-41-25-24-26-42-60)64-47-30-45-61-44-29-46-63-52-35-38-58(6,39-36-52)56-37-40-59(7)55(33-34-57(59)54(56)9-2)51(5)32-28-31-50(3)4/h16-17,50-57H,8-15,18-49H2,1-7H3/t51-,52?,53?,54-,55-,56+,57+,58?,59-/m1/s1. The van der Waals surface area contributed by atoms with Crippen molar-refractivity contribution in [1.82, 2.24) is 4.90 Å². The van der Waals surface area contributed by atoms with Gasteiger partial charge in [0.2, 0.25) is 0 Å². The number of allylic oxidation sites excluding steroid dienone is 2. The SMILES string of the molecule is CCCCCCCCC=CCCCCCCCCOCC(CN1CCCCC1)OCCCOCCCOC1CCC(C)([C@H]2CC[C@]3(C)[C@@H]([C@H](C)CCCC(C)C)CC[C@H]3[C@@H]2CC)CC1. The smallest absolute Gasteiger partial charge is 0.0934 e. The van der Waals surface area contributed by atoms with Gasteiger partial charge in [-0.2, -0.15) is 0 Å². The molecule has 64 heavy (non-hydrogen) atoms. The van der Waals surface area contributed by atoms with Crippen LogP contribution in [0, 0.1) is 46.3 Å². The average Bonchev–Trinajstić information content (AvgIpc) is 3.65. The molecule has 0 aromatic heterocycles. The largest absolute Gasteiger partial charge is 0.381 e. The van der Waals surface area contributed by atoms with Crippen LogP contribution in [-0.2, 0) is 18.9 Å². The van der Waals surface area contributed by atoms with E-state index in [1.807, 2.05) is 0 Å². The van der Waals surface area contributed by atoms with Crippen molar-refractivity contribution in [1.29, 1.82) is 0 Å². The van der Waals surface area contributed by atoms with Gasteiger partial charge in [0.05, 0.1) is 18.8 Å². The summed E-state index contributed by atoms with van der Waals surface area (Å²) >= 11 is 0. The molecule has 1 unspecified atom stereocenters. The van der Waals surface area contributed by atoms with Crippen molar-refractivity contribution in [2.75, 3.05) is 59.3 Å². The minimum atomic E-state index is 0.164. The fourth-order valence-corrected chi connectivity index (χ4v) is 13.7. The summed E-state index contributed by atoms with van der Waals surface area (Å²) in [5.41, 5.74) is 1.07. The highest BCUT2D eigenvalue weighted by Crippen LogP contribution is 2.65. The van der Waals surface area contributed by atoms with Gasteiger partial charge in [-0.1, -0.05) is 151 Å². The molecule has 376 valence electrons. The maximum absolute atomic E-state index is 6.51. The number of hydrogen-bond acceptors (Lipinski definition) is 5. The van der Waals surface area contributed by atoms with Crippen LogP contribution in [0.3, 0.4) is 0 Å². The maximum Gasteiger partial charge on any atom is 0.0934 e. The summed E-state index contributed by atoms with van der Waals surface area (Å²) in [6, 6.07) is 0. The molecule has 0 radical (unpaired) electrons. The first-order valence-electron chi connectivity index (χ1n) is 29.0. The summed E-state index contributed by atoms with van der Waals surface area (Å²) in [6.07, 6.45) is 47.0. The molecule has 0 N–H and O–H groups in total. The summed E-state index contributed by atoms with van der Waals surface area (Å²) in [4.78, 5) is 2.60. The van der Waals surface area contributed by atoms with E-state index in [4.69, 9.17) is 18.9 Å². The van der Waals surface area contributed by atoms with Gasteiger partial charge < -0.3 is 23.8 Å². The summed E-state index contributed by atoms with van der Waals surface area (Å²) < 4.78 is 25.2. The predicted octanol–water partition coefficient (Wildman–Crippen LogP) is 16.6. The van der Waals surface area contributed by atoms with Crippen LogP contribution in [0.1, 0.15) is 248 Å². The third-order valence-corrected chi connectivity index (χ3v) is 17.7. The molecule has 0 aromatic carbocycles. The molecular weight excluding hydrogens is 787 g/mol. The molecule has 3 saturated carbocycles. The highest BCUT2D eigenvalue weighted by molar-refractivity contribution is 5.06. The Labute approximate surface area is 399 Å². The quantitative estimate of drug-likeness (QED) is 0.0459.